The molecule has 0 fully saturated rings. The third-order valence-electron chi connectivity index (χ3n) is 1.23. The third-order valence-corrected chi connectivity index (χ3v) is 2.36. The molecule has 1 aromatic heterocycles. The lowest BCUT2D eigenvalue weighted by Gasteiger charge is -1.97. The van der Waals surface area contributed by atoms with Crippen LogP contribution in [0.5, 0.6) is 0 Å². The van der Waals surface area contributed by atoms with E-state index in [1.807, 2.05) is 19.2 Å². The van der Waals surface area contributed by atoms with E-state index in [9.17, 15) is 0 Å². The van der Waals surface area contributed by atoms with Gasteiger partial charge in [0.2, 0.25) is 0 Å². The molecule has 1 heterocycles. The Hall–Kier alpha value is -0.0800. The fourth-order valence-electron chi connectivity index (χ4n) is 0.612. The van der Waals surface area contributed by atoms with Gasteiger partial charge in [-0.15, -0.1) is 11.6 Å². The van der Waals surface area contributed by atoms with Gasteiger partial charge in [-0.2, -0.15) is 0 Å². The smallest absolute Gasteiger partial charge is 0.0647 e. The number of hydrogen-bond acceptors (Lipinski definition) is 1. The fourth-order valence-corrected chi connectivity index (χ4v) is 1.12. The van der Waals surface area contributed by atoms with Gasteiger partial charge in [-0.1, -0.05) is 15.9 Å². The number of alkyl halides is 1. The first-order chi connectivity index (χ1) is 4.74. The van der Waals surface area contributed by atoms with Crippen LogP contribution in [0.25, 0.3) is 0 Å². The molecule has 0 aliphatic carbocycles. The van der Waals surface area contributed by atoms with Crippen molar-refractivity contribution >= 4 is 27.5 Å². The standard InChI is InChI=1S/C7H7BrClN/c1-5-4-10-6(3-9)2-7(5)8/h2,4H,3H2,1H3. The van der Waals surface area contributed by atoms with E-state index in [0.29, 0.717) is 5.88 Å². The maximum absolute atomic E-state index is 5.57. The van der Waals surface area contributed by atoms with Gasteiger partial charge in [0.05, 0.1) is 11.6 Å². The highest BCUT2D eigenvalue weighted by molar-refractivity contribution is 9.10. The molecule has 3 heteroatoms. The summed E-state index contributed by atoms with van der Waals surface area (Å²) in [6.45, 7) is 2.00. The number of halogens is 2. The number of hydrogen-bond donors (Lipinski definition) is 0. The molecule has 0 bridgehead atoms. The molecule has 0 saturated heterocycles. The summed E-state index contributed by atoms with van der Waals surface area (Å²) in [7, 11) is 0. The summed E-state index contributed by atoms with van der Waals surface area (Å²) in [5, 5.41) is 0. The molecule has 54 valence electrons. The highest BCUT2D eigenvalue weighted by atomic mass is 79.9. The van der Waals surface area contributed by atoms with E-state index in [0.717, 1.165) is 15.7 Å². The lowest BCUT2D eigenvalue weighted by molar-refractivity contribution is 1.13. The lowest BCUT2D eigenvalue weighted by atomic mass is 10.3. The van der Waals surface area contributed by atoms with Crippen LogP contribution in [0, 0.1) is 6.92 Å². The van der Waals surface area contributed by atoms with Gasteiger partial charge in [-0.3, -0.25) is 4.98 Å². The number of aromatic nitrogens is 1. The van der Waals surface area contributed by atoms with Gasteiger partial charge in [0.25, 0.3) is 0 Å². The molecule has 0 radical (unpaired) electrons. The zero-order valence-electron chi connectivity index (χ0n) is 5.56. The second kappa shape index (κ2) is 3.35. The van der Waals surface area contributed by atoms with Crippen LogP contribution in [-0.2, 0) is 5.88 Å². The van der Waals surface area contributed by atoms with Gasteiger partial charge >= 0.3 is 0 Å². The molecule has 1 aromatic rings. The molecule has 0 unspecified atom stereocenters. The number of aryl methyl sites for hydroxylation is 1. The largest absolute Gasteiger partial charge is 0.260 e. The Morgan fingerprint density at radius 2 is 2.40 bits per heavy atom. The molecular weight excluding hydrogens is 213 g/mol. The number of rotatable bonds is 1. The lowest BCUT2D eigenvalue weighted by Crippen LogP contribution is -1.86. The molecule has 0 saturated carbocycles. The zero-order valence-corrected chi connectivity index (χ0v) is 7.91. The monoisotopic (exact) mass is 219 g/mol. The van der Waals surface area contributed by atoms with Crippen LogP contribution in [0.4, 0.5) is 0 Å². The molecule has 0 aliphatic rings. The van der Waals surface area contributed by atoms with Crippen molar-refractivity contribution in [3.8, 4) is 0 Å². The maximum Gasteiger partial charge on any atom is 0.0647 e. The van der Waals surface area contributed by atoms with Crippen molar-refractivity contribution in [1.82, 2.24) is 4.98 Å². The van der Waals surface area contributed by atoms with E-state index in [4.69, 9.17) is 11.6 Å². The van der Waals surface area contributed by atoms with Crippen molar-refractivity contribution in [2.75, 3.05) is 0 Å². The SMILES string of the molecule is Cc1cnc(CCl)cc1Br. The van der Waals surface area contributed by atoms with Gasteiger partial charge in [-0.05, 0) is 18.6 Å². The summed E-state index contributed by atoms with van der Waals surface area (Å²) in [5.41, 5.74) is 2.04. The highest BCUT2D eigenvalue weighted by Gasteiger charge is 1.95. The topological polar surface area (TPSA) is 12.9 Å². The Labute approximate surface area is 73.6 Å². The van der Waals surface area contributed by atoms with E-state index in [2.05, 4.69) is 20.9 Å². The molecule has 0 N–H and O–H groups in total. The van der Waals surface area contributed by atoms with Crippen LogP contribution in [0.3, 0.4) is 0 Å². The molecule has 1 rings (SSSR count). The maximum atomic E-state index is 5.57. The molecular formula is C7H7BrClN. The molecule has 0 atom stereocenters. The average Bonchev–Trinajstić information content (AvgIpc) is 1.95. The highest BCUT2D eigenvalue weighted by Crippen LogP contribution is 2.15. The van der Waals surface area contributed by atoms with Crippen LogP contribution in [0.1, 0.15) is 11.3 Å². The zero-order chi connectivity index (χ0) is 7.56. The molecule has 0 spiro atoms. The van der Waals surface area contributed by atoms with Crippen molar-refractivity contribution in [2.24, 2.45) is 0 Å². The first-order valence-corrected chi connectivity index (χ1v) is 4.24. The Balaban J connectivity index is 3.04. The predicted molar refractivity (Wildman–Crippen MR) is 46.2 cm³/mol. The van der Waals surface area contributed by atoms with Crippen LogP contribution < -0.4 is 0 Å². The van der Waals surface area contributed by atoms with E-state index in [1.165, 1.54) is 0 Å². The van der Waals surface area contributed by atoms with Crippen molar-refractivity contribution in [1.29, 1.82) is 0 Å². The van der Waals surface area contributed by atoms with Crippen molar-refractivity contribution in [3.05, 3.63) is 28.0 Å². The molecule has 0 aromatic carbocycles. The Morgan fingerprint density at radius 1 is 1.70 bits per heavy atom. The Morgan fingerprint density at radius 3 is 2.90 bits per heavy atom. The summed E-state index contributed by atoms with van der Waals surface area (Å²) in [5.74, 6) is 0.471. The second-order valence-electron chi connectivity index (χ2n) is 2.06. The summed E-state index contributed by atoms with van der Waals surface area (Å²) in [4.78, 5) is 4.10. The quantitative estimate of drug-likeness (QED) is 0.663. The number of nitrogens with zero attached hydrogens (tertiary/aromatic N) is 1. The average molecular weight is 220 g/mol. The predicted octanol–water partition coefficient (Wildman–Crippen LogP) is 2.89. The first-order valence-electron chi connectivity index (χ1n) is 2.91. The van der Waals surface area contributed by atoms with Gasteiger partial charge in [0.15, 0.2) is 0 Å². The van der Waals surface area contributed by atoms with Gasteiger partial charge < -0.3 is 0 Å². The van der Waals surface area contributed by atoms with Crippen LogP contribution in [0.2, 0.25) is 0 Å². The third kappa shape index (κ3) is 1.70. The molecule has 1 nitrogen and oxygen atoms in total. The van der Waals surface area contributed by atoms with Gasteiger partial charge in [0, 0.05) is 10.7 Å². The Kier molecular flexibility index (Phi) is 2.69. The van der Waals surface area contributed by atoms with E-state index in [1.54, 1.807) is 0 Å². The summed E-state index contributed by atoms with van der Waals surface area (Å²) in [6, 6.07) is 1.93. The van der Waals surface area contributed by atoms with E-state index in [-0.39, 0.29) is 0 Å². The summed E-state index contributed by atoms with van der Waals surface area (Å²) in [6.07, 6.45) is 1.81. The molecule has 0 aliphatic heterocycles. The van der Waals surface area contributed by atoms with Crippen molar-refractivity contribution in [3.63, 3.8) is 0 Å². The van der Waals surface area contributed by atoms with Crippen molar-refractivity contribution in [2.45, 2.75) is 12.8 Å². The first kappa shape index (κ1) is 8.02. The molecule has 10 heavy (non-hydrogen) atoms. The number of pyridine rings is 1. The second-order valence-corrected chi connectivity index (χ2v) is 3.18. The normalized spacial score (nSPS) is 9.90. The summed E-state index contributed by atoms with van der Waals surface area (Å²) >= 11 is 8.96. The van der Waals surface area contributed by atoms with Crippen LogP contribution >= 0.6 is 27.5 Å². The minimum absolute atomic E-state index is 0.471. The minimum Gasteiger partial charge on any atom is -0.260 e. The van der Waals surface area contributed by atoms with Crippen molar-refractivity contribution < 1.29 is 0 Å². The van der Waals surface area contributed by atoms with Gasteiger partial charge in [0.1, 0.15) is 0 Å². The minimum atomic E-state index is 0.471. The van der Waals surface area contributed by atoms with E-state index < -0.39 is 0 Å². The van der Waals surface area contributed by atoms with Gasteiger partial charge in [-0.25, -0.2) is 0 Å². The van der Waals surface area contributed by atoms with E-state index >= 15 is 0 Å². The van der Waals surface area contributed by atoms with Crippen LogP contribution in [-0.4, -0.2) is 4.98 Å². The molecule has 0 amide bonds. The Bertz CT molecular complexity index is 237. The van der Waals surface area contributed by atoms with Crippen LogP contribution in [0.15, 0.2) is 16.7 Å². The summed E-state index contributed by atoms with van der Waals surface area (Å²) < 4.78 is 1.07. The fraction of sp³-hybridized carbons (Fsp3) is 0.286.